The lowest BCUT2D eigenvalue weighted by atomic mass is 10.3. The molecule has 54 valence electrons. The summed E-state index contributed by atoms with van der Waals surface area (Å²) < 4.78 is 0. The number of aliphatic imine (C=N–C) groups is 1. The van der Waals surface area contributed by atoms with Crippen LogP contribution in [0, 0.1) is 0 Å². The molecule has 1 N–H and O–H groups in total. The van der Waals surface area contributed by atoms with Gasteiger partial charge in [0.15, 0.2) is 0 Å². The van der Waals surface area contributed by atoms with E-state index in [0.29, 0.717) is 12.3 Å². The largest absolute Gasteiger partial charge is 0.291 e. The number of rotatable bonds is 1. The van der Waals surface area contributed by atoms with Crippen LogP contribution in [-0.2, 0) is 9.59 Å². The summed E-state index contributed by atoms with van der Waals surface area (Å²) >= 11 is 0. The van der Waals surface area contributed by atoms with E-state index in [1.807, 2.05) is 6.92 Å². The highest BCUT2D eigenvalue weighted by Crippen LogP contribution is 1.96. The third-order valence-electron chi connectivity index (χ3n) is 1.19. The van der Waals surface area contributed by atoms with E-state index in [2.05, 4.69) is 10.3 Å². The van der Waals surface area contributed by atoms with Gasteiger partial charge in [-0.3, -0.25) is 19.9 Å². The second-order valence-corrected chi connectivity index (χ2v) is 1.98. The number of imide groups is 1. The van der Waals surface area contributed by atoms with E-state index >= 15 is 0 Å². The molecule has 2 amide bonds. The summed E-state index contributed by atoms with van der Waals surface area (Å²) in [7, 11) is 0. The Morgan fingerprint density at radius 2 is 2.30 bits per heavy atom. The second kappa shape index (κ2) is 2.60. The number of nitrogens with one attached hydrogen (secondary N) is 1. The maximum atomic E-state index is 10.7. The van der Waals surface area contributed by atoms with Crippen LogP contribution < -0.4 is 5.32 Å². The van der Waals surface area contributed by atoms with Crippen molar-refractivity contribution < 1.29 is 9.59 Å². The molecule has 0 atom stereocenters. The Labute approximate surface area is 58.3 Å². The number of hydrogen-bond donors (Lipinski definition) is 1. The molecule has 1 saturated heterocycles. The maximum Gasteiger partial charge on any atom is 0.272 e. The molecule has 4 nitrogen and oxygen atoms in total. The first-order valence-corrected chi connectivity index (χ1v) is 3.11. The smallest absolute Gasteiger partial charge is 0.272 e. The molecular formula is C6H8N2O2. The Morgan fingerprint density at radius 1 is 1.60 bits per heavy atom. The fourth-order valence-electron chi connectivity index (χ4n) is 0.794. The molecular weight excluding hydrogens is 132 g/mol. The van der Waals surface area contributed by atoms with Gasteiger partial charge in [0.05, 0.1) is 6.42 Å². The van der Waals surface area contributed by atoms with Crippen LogP contribution in [0.1, 0.15) is 13.3 Å². The van der Waals surface area contributed by atoms with Crippen molar-refractivity contribution in [2.24, 2.45) is 4.99 Å². The predicted molar refractivity (Wildman–Crippen MR) is 35.7 cm³/mol. The van der Waals surface area contributed by atoms with Crippen LogP contribution in [0.25, 0.3) is 0 Å². The highest BCUT2D eigenvalue weighted by atomic mass is 16.2. The van der Waals surface area contributed by atoms with Crippen molar-refractivity contribution in [3.63, 3.8) is 0 Å². The summed E-state index contributed by atoms with van der Waals surface area (Å²) in [6, 6.07) is 0. The number of amides is 2. The summed E-state index contributed by atoms with van der Waals surface area (Å²) in [6.07, 6.45) is 0.146. The summed E-state index contributed by atoms with van der Waals surface area (Å²) in [4.78, 5) is 25.1. The Balaban J connectivity index is 2.72. The SMILES string of the molecule is CCN=C1CC(=O)NC1=O. The molecule has 1 fully saturated rings. The zero-order chi connectivity index (χ0) is 7.56. The van der Waals surface area contributed by atoms with Gasteiger partial charge in [-0.05, 0) is 6.92 Å². The normalized spacial score (nSPS) is 21.9. The molecule has 0 radical (unpaired) electrons. The molecule has 1 rings (SSSR count). The molecule has 0 unspecified atom stereocenters. The molecule has 1 aliphatic heterocycles. The molecule has 0 saturated carbocycles. The maximum absolute atomic E-state index is 10.7. The van der Waals surface area contributed by atoms with Gasteiger partial charge in [0.1, 0.15) is 5.71 Å². The number of carbonyl (C=O) groups excluding carboxylic acids is 2. The summed E-state index contributed by atoms with van der Waals surface area (Å²) in [5.74, 6) is -0.593. The minimum Gasteiger partial charge on any atom is -0.291 e. The fraction of sp³-hybridized carbons (Fsp3) is 0.500. The fourth-order valence-corrected chi connectivity index (χ4v) is 0.794. The van der Waals surface area contributed by atoms with Crippen molar-refractivity contribution in [3.05, 3.63) is 0 Å². The van der Waals surface area contributed by atoms with Gasteiger partial charge >= 0.3 is 0 Å². The van der Waals surface area contributed by atoms with Gasteiger partial charge in [-0.2, -0.15) is 0 Å². The van der Waals surface area contributed by atoms with Gasteiger partial charge < -0.3 is 0 Å². The molecule has 0 spiro atoms. The van der Waals surface area contributed by atoms with Crippen LogP contribution >= 0.6 is 0 Å². The minimum atomic E-state index is -0.341. The van der Waals surface area contributed by atoms with Crippen LogP contribution in [-0.4, -0.2) is 24.1 Å². The van der Waals surface area contributed by atoms with Gasteiger partial charge in [-0.1, -0.05) is 0 Å². The third kappa shape index (κ3) is 1.21. The van der Waals surface area contributed by atoms with Crippen molar-refractivity contribution in [2.75, 3.05) is 6.54 Å². The van der Waals surface area contributed by atoms with Crippen molar-refractivity contribution >= 4 is 17.5 Å². The Morgan fingerprint density at radius 3 is 2.70 bits per heavy atom. The van der Waals surface area contributed by atoms with E-state index < -0.39 is 0 Å². The van der Waals surface area contributed by atoms with E-state index in [-0.39, 0.29) is 18.2 Å². The molecule has 1 heterocycles. The van der Waals surface area contributed by atoms with E-state index in [9.17, 15) is 9.59 Å². The summed E-state index contributed by atoms with van der Waals surface area (Å²) in [5, 5.41) is 2.14. The quantitative estimate of drug-likeness (QED) is 0.499. The van der Waals surface area contributed by atoms with Gasteiger partial charge in [0, 0.05) is 6.54 Å². The molecule has 0 bridgehead atoms. The molecule has 0 aromatic rings. The molecule has 0 aromatic carbocycles. The summed E-state index contributed by atoms with van der Waals surface area (Å²) in [5.41, 5.74) is 0.354. The molecule has 0 aromatic heterocycles. The zero-order valence-corrected chi connectivity index (χ0v) is 5.68. The van der Waals surface area contributed by atoms with E-state index in [1.54, 1.807) is 0 Å². The van der Waals surface area contributed by atoms with Crippen molar-refractivity contribution in [1.29, 1.82) is 0 Å². The minimum absolute atomic E-state index is 0.146. The van der Waals surface area contributed by atoms with Crippen LogP contribution in [0.5, 0.6) is 0 Å². The lowest BCUT2D eigenvalue weighted by molar-refractivity contribution is -0.123. The van der Waals surface area contributed by atoms with Crippen LogP contribution in [0.2, 0.25) is 0 Å². The first-order chi connectivity index (χ1) is 4.74. The van der Waals surface area contributed by atoms with Crippen LogP contribution in [0.4, 0.5) is 0 Å². The number of nitrogens with zero attached hydrogens (tertiary/aromatic N) is 1. The monoisotopic (exact) mass is 140 g/mol. The summed E-state index contributed by atoms with van der Waals surface area (Å²) in [6.45, 7) is 2.37. The standard InChI is InChI=1S/C6H8N2O2/c1-2-7-4-3-5(9)8-6(4)10/h2-3H2,1H3,(H,8,9,10). The van der Waals surface area contributed by atoms with Crippen molar-refractivity contribution in [1.82, 2.24) is 5.32 Å². The van der Waals surface area contributed by atoms with E-state index in [0.717, 1.165) is 0 Å². The lowest BCUT2D eigenvalue weighted by Gasteiger charge is -1.86. The Hall–Kier alpha value is -1.19. The Bertz CT molecular complexity index is 208. The predicted octanol–water partition coefficient (Wildman–Crippen LogP) is -0.506. The average molecular weight is 140 g/mol. The van der Waals surface area contributed by atoms with E-state index in [4.69, 9.17) is 0 Å². The number of carbonyl (C=O) groups is 2. The van der Waals surface area contributed by atoms with Gasteiger partial charge in [-0.25, -0.2) is 0 Å². The molecule has 0 aliphatic carbocycles. The topological polar surface area (TPSA) is 58.5 Å². The van der Waals surface area contributed by atoms with E-state index in [1.165, 1.54) is 0 Å². The number of hydrogen-bond acceptors (Lipinski definition) is 3. The first kappa shape index (κ1) is 6.92. The lowest BCUT2D eigenvalue weighted by Crippen LogP contribution is -2.22. The third-order valence-corrected chi connectivity index (χ3v) is 1.19. The van der Waals surface area contributed by atoms with Gasteiger partial charge in [0.2, 0.25) is 5.91 Å². The van der Waals surface area contributed by atoms with Crippen LogP contribution in [0.15, 0.2) is 4.99 Å². The Kier molecular flexibility index (Phi) is 1.80. The van der Waals surface area contributed by atoms with Crippen molar-refractivity contribution in [2.45, 2.75) is 13.3 Å². The van der Waals surface area contributed by atoms with Crippen molar-refractivity contribution in [3.8, 4) is 0 Å². The highest BCUT2D eigenvalue weighted by Gasteiger charge is 2.24. The first-order valence-electron chi connectivity index (χ1n) is 3.11. The van der Waals surface area contributed by atoms with Gasteiger partial charge in [0.25, 0.3) is 5.91 Å². The second-order valence-electron chi connectivity index (χ2n) is 1.98. The van der Waals surface area contributed by atoms with Crippen LogP contribution in [0.3, 0.4) is 0 Å². The molecule has 4 heteroatoms. The van der Waals surface area contributed by atoms with Gasteiger partial charge in [-0.15, -0.1) is 0 Å². The highest BCUT2D eigenvalue weighted by molar-refractivity contribution is 6.48. The average Bonchev–Trinajstić information content (AvgIpc) is 2.13. The molecule has 10 heavy (non-hydrogen) atoms. The molecule has 1 aliphatic rings. The zero-order valence-electron chi connectivity index (χ0n) is 5.68.